The number of rotatable bonds is 0. The highest BCUT2D eigenvalue weighted by Crippen LogP contribution is 2.09. The molecule has 0 amide bonds. The molecule has 1 aromatic carbocycles. The zero-order valence-electron chi connectivity index (χ0n) is 6.11. The first-order chi connectivity index (χ1) is 4.22. The van der Waals surface area contributed by atoms with Crippen molar-refractivity contribution in [3.8, 4) is 0 Å². The van der Waals surface area contributed by atoms with Gasteiger partial charge in [0.05, 0.1) is 0 Å². The molecule has 0 unspecified atom stereocenters. The first kappa shape index (κ1) is 9.11. The zero-order chi connectivity index (χ0) is 6.85. The largest absolute Gasteiger partial charge is 0.412 e. The molecule has 0 aliphatic rings. The lowest BCUT2D eigenvalue weighted by Crippen LogP contribution is -1.83. The molecule has 56 valence electrons. The van der Waals surface area contributed by atoms with Gasteiger partial charge in [-0.3, -0.25) is 0 Å². The van der Waals surface area contributed by atoms with E-state index in [2.05, 4.69) is 0 Å². The molecule has 1 rings (SSSR count). The van der Waals surface area contributed by atoms with Crippen LogP contribution in [0.1, 0.15) is 11.1 Å². The van der Waals surface area contributed by atoms with Gasteiger partial charge in [-0.15, -0.1) is 0 Å². The summed E-state index contributed by atoms with van der Waals surface area (Å²) in [6, 6.07) is 5.10. The summed E-state index contributed by atoms with van der Waals surface area (Å²) < 4.78 is 12.6. The van der Waals surface area contributed by atoms with Crippen molar-refractivity contribution in [2.75, 3.05) is 0 Å². The van der Waals surface area contributed by atoms with Crippen molar-refractivity contribution in [3.63, 3.8) is 0 Å². The van der Waals surface area contributed by atoms with Gasteiger partial charge in [0.25, 0.3) is 0 Å². The van der Waals surface area contributed by atoms with Gasteiger partial charge in [-0.05, 0) is 31.0 Å². The van der Waals surface area contributed by atoms with Crippen LogP contribution in [0.4, 0.5) is 4.39 Å². The first-order valence-electron chi connectivity index (χ1n) is 2.93. The van der Waals surface area contributed by atoms with Gasteiger partial charge in [-0.25, -0.2) is 4.39 Å². The van der Waals surface area contributed by atoms with Crippen LogP contribution < -0.4 is 0 Å². The molecule has 0 heterocycles. The van der Waals surface area contributed by atoms with Crippen LogP contribution in [0.25, 0.3) is 0 Å². The first-order valence-corrected chi connectivity index (χ1v) is 2.93. The minimum Gasteiger partial charge on any atom is -0.412 e. The lowest BCUT2D eigenvalue weighted by Gasteiger charge is -1.97. The Morgan fingerprint density at radius 3 is 2.20 bits per heavy atom. The monoisotopic (exact) mass is 142 g/mol. The summed E-state index contributed by atoms with van der Waals surface area (Å²) >= 11 is 0. The van der Waals surface area contributed by atoms with E-state index in [-0.39, 0.29) is 11.3 Å². The lowest BCUT2D eigenvalue weighted by atomic mass is 10.1. The molecule has 0 aromatic heterocycles. The molecule has 2 N–H and O–H groups in total. The maximum absolute atomic E-state index is 12.6. The highest BCUT2D eigenvalue weighted by atomic mass is 19.1. The van der Waals surface area contributed by atoms with Gasteiger partial charge in [0.2, 0.25) is 0 Å². The Morgan fingerprint density at radius 2 is 1.80 bits per heavy atom. The summed E-state index contributed by atoms with van der Waals surface area (Å²) in [6.07, 6.45) is 0. The molecule has 10 heavy (non-hydrogen) atoms. The van der Waals surface area contributed by atoms with Crippen LogP contribution in [-0.2, 0) is 0 Å². The van der Waals surface area contributed by atoms with Crippen LogP contribution in [0.5, 0.6) is 0 Å². The van der Waals surface area contributed by atoms with Crippen LogP contribution in [0, 0.1) is 19.7 Å². The number of benzene rings is 1. The molecule has 0 saturated heterocycles. The summed E-state index contributed by atoms with van der Waals surface area (Å²) in [5.41, 5.74) is 1.76. The number of hydrogen-bond donors (Lipinski definition) is 0. The van der Waals surface area contributed by atoms with Gasteiger partial charge in [0.1, 0.15) is 5.82 Å². The minimum atomic E-state index is -0.116. The Morgan fingerprint density at radius 1 is 1.20 bits per heavy atom. The maximum Gasteiger partial charge on any atom is 0.126 e. The molecule has 0 atom stereocenters. The molecule has 0 radical (unpaired) electrons. The molecule has 0 saturated carbocycles. The standard InChI is InChI=1S/C8H9F.H2O/c1-6-4-3-5-8(9)7(6)2;/h3-5H,1-2H3;1H2. The van der Waals surface area contributed by atoms with Crippen LogP contribution in [0.2, 0.25) is 0 Å². The van der Waals surface area contributed by atoms with Crippen LogP contribution in [0.3, 0.4) is 0 Å². The highest BCUT2D eigenvalue weighted by molar-refractivity contribution is 5.25. The lowest BCUT2D eigenvalue weighted by molar-refractivity contribution is 0.617. The van der Waals surface area contributed by atoms with Crippen molar-refractivity contribution in [1.29, 1.82) is 0 Å². The highest BCUT2D eigenvalue weighted by Gasteiger charge is 1.95. The molecule has 1 aromatic rings. The maximum atomic E-state index is 12.6. The van der Waals surface area contributed by atoms with Crippen LogP contribution >= 0.6 is 0 Å². The Balaban J connectivity index is 0.000000810. The third-order valence-electron chi connectivity index (χ3n) is 1.54. The van der Waals surface area contributed by atoms with E-state index < -0.39 is 0 Å². The number of aryl methyl sites for hydroxylation is 1. The molecule has 1 nitrogen and oxygen atoms in total. The predicted octanol–water partition coefficient (Wildman–Crippen LogP) is 1.62. The molecule has 0 bridgehead atoms. The van der Waals surface area contributed by atoms with Crippen molar-refractivity contribution in [1.82, 2.24) is 0 Å². The molecular formula is C8H11FO. The van der Waals surface area contributed by atoms with Crippen molar-refractivity contribution >= 4 is 0 Å². The van der Waals surface area contributed by atoms with E-state index in [1.807, 2.05) is 13.0 Å². The van der Waals surface area contributed by atoms with Gasteiger partial charge >= 0.3 is 0 Å². The fourth-order valence-electron chi connectivity index (χ4n) is 0.715. The van der Waals surface area contributed by atoms with Gasteiger partial charge in [0, 0.05) is 0 Å². The zero-order valence-corrected chi connectivity index (χ0v) is 6.11. The van der Waals surface area contributed by atoms with E-state index in [1.54, 1.807) is 13.0 Å². The number of hydrogen-bond acceptors (Lipinski definition) is 0. The fourth-order valence-corrected chi connectivity index (χ4v) is 0.715. The molecular weight excluding hydrogens is 131 g/mol. The van der Waals surface area contributed by atoms with Crippen molar-refractivity contribution in [3.05, 3.63) is 35.1 Å². The fraction of sp³-hybridized carbons (Fsp3) is 0.250. The minimum absolute atomic E-state index is 0. The van der Waals surface area contributed by atoms with Crippen molar-refractivity contribution < 1.29 is 9.87 Å². The Hall–Kier alpha value is -0.890. The van der Waals surface area contributed by atoms with Crippen molar-refractivity contribution in [2.45, 2.75) is 13.8 Å². The van der Waals surface area contributed by atoms with Gasteiger partial charge in [-0.2, -0.15) is 0 Å². The van der Waals surface area contributed by atoms with E-state index >= 15 is 0 Å². The Bertz CT molecular complexity index is 200. The molecule has 0 spiro atoms. The quantitative estimate of drug-likeness (QED) is 0.527. The molecule has 0 fully saturated rings. The van der Waals surface area contributed by atoms with E-state index in [4.69, 9.17) is 0 Å². The summed E-state index contributed by atoms with van der Waals surface area (Å²) in [5.74, 6) is -0.116. The SMILES string of the molecule is Cc1cccc(F)c1C.O. The van der Waals surface area contributed by atoms with Gasteiger partial charge in [-0.1, -0.05) is 12.1 Å². The van der Waals surface area contributed by atoms with Crippen molar-refractivity contribution in [2.24, 2.45) is 0 Å². The molecule has 0 aliphatic carbocycles. The smallest absolute Gasteiger partial charge is 0.126 e. The second kappa shape index (κ2) is 3.32. The third-order valence-corrected chi connectivity index (χ3v) is 1.54. The average molecular weight is 142 g/mol. The summed E-state index contributed by atoms with van der Waals surface area (Å²) in [7, 11) is 0. The van der Waals surface area contributed by atoms with Crippen LogP contribution in [0.15, 0.2) is 18.2 Å². The second-order valence-electron chi connectivity index (χ2n) is 2.18. The molecule has 2 heteroatoms. The average Bonchev–Trinajstić information content (AvgIpc) is 1.83. The van der Waals surface area contributed by atoms with Crippen LogP contribution in [-0.4, -0.2) is 5.48 Å². The second-order valence-corrected chi connectivity index (χ2v) is 2.18. The Labute approximate surface area is 59.8 Å². The topological polar surface area (TPSA) is 31.5 Å². The molecule has 0 aliphatic heterocycles. The van der Waals surface area contributed by atoms with E-state index in [0.29, 0.717) is 0 Å². The van der Waals surface area contributed by atoms with E-state index in [0.717, 1.165) is 11.1 Å². The Kier molecular flexibility index (Phi) is 3.03. The normalized spacial score (nSPS) is 8.70. The summed E-state index contributed by atoms with van der Waals surface area (Å²) in [6.45, 7) is 3.68. The van der Waals surface area contributed by atoms with Gasteiger partial charge in [0.15, 0.2) is 0 Å². The summed E-state index contributed by atoms with van der Waals surface area (Å²) in [5, 5.41) is 0. The van der Waals surface area contributed by atoms with Gasteiger partial charge < -0.3 is 5.48 Å². The third kappa shape index (κ3) is 1.54. The van der Waals surface area contributed by atoms with E-state index in [1.165, 1.54) is 6.07 Å². The van der Waals surface area contributed by atoms with E-state index in [9.17, 15) is 4.39 Å². The predicted molar refractivity (Wildman–Crippen MR) is 39.5 cm³/mol. The number of halogens is 1. The summed E-state index contributed by atoms with van der Waals surface area (Å²) in [4.78, 5) is 0.